The lowest BCUT2D eigenvalue weighted by molar-refractivity contribution is 0.0793. The largest absolute Gasteiger partial charge is 0.342 e. The Kier molecular flexibility index (Phi) is 5.47. The standard InChI is InChI=1S/C13H17BrClNO/c1-9-4-5-11(12(14)8-9)13(17)16(3)7-6-10(2)15/h4-5,8,10H,6-7H2,1-3H3. The molecule has 94 valence electrons. The van der Waals surface area contributed by atoms with Crippen molar-refractivity contribution in [1.82, 2.24) is 4.90 Å². The fraction of sp³-hybridized carbons (Fsp3) is 0.462. The molecule has 17 heavy (non-hydrogen) atoms. The van der Waals surface area contributed by atoms with Crippen molar-refractivity contribution >= 4 is 33.4 Å². The molecule has 1 aromatic carbocycles. The smallest absolute Gasteiger partial charge is 0.254 e. The summed E-state index contributed by atoms with van der Waals surface area (Å²) in [6.07, 6.45) is 0.799. The SMILES string of the molecule is Cc1ccc(C(=O)N(C)CCC(C)Cl)c(Br)c1. The average Bonchev–Trinajstić information content (AvgIpc) is 2.25. The van der Waals surface area contributed by atoms with Gasteiger partial charge in [-0.1, -0.05) is 6.07 Å². The minimum absolute atomic E-state index is 0.0224. The van der Waals surface area contributed by atoms with Crippen LogP contribution in [-0.4, -0.2) is 29.8 Å². The van der Waals surface area contributed by atoms with Crippen molar-refractivity contribution in [3.63, 3.8) is 0 Å². The first-order valence-corrected chi connectivity index (χ1v) is 6.80. The Morgan fingerprint density at radius 2 is 2.18 bits per heavy atom. The van der Waals surface area contributed by atoms with Crippen LogP contribution in [-0.2, 0) is 0 Å². The van der Waals surface area contributed by atoms with E-state index in [1.54, 1.807) is 11.9 Å². The van der Waals surface area contributed by atoms with Crippen LogP contribution in [0.2, 0.25) is 0 Å². The molecular weight excluding hydrogens is 302 g/mol. The molecule has 0 spiro atoms. The van der Waals surface area contributed by atoms with Crippen molar-refractivity contribution in [1.29, 1.82) is 0 Å². The van der Waals surface area contributed by atoms with Crippen molar-refractivity contribution < 1.29 is 4.79 Å². The third-order valence-corrected chi connectivity index (χ3v) is 3.44. The molecule has 0 aliphatic carbocycles. The van der Waals surface area contributed by atoms with Gasteiger partial charge in [0.15, 0.2) is 0 Å². The molecule has 0 N–H and O–H groups in total. The van der Waals surface area contributed by atoms with Gasteiger partial charge in [0.25, 0.3) is 5.91 Å². The van der Waals surface area contributed by atoms with E-state index in [0.717, 1.165) is 16.5 Å². The number of aryl methyl sites for hydroxylation is 1. The number of halogens is 2. The Balaban J connectivity index is 2.75. The Morgan fingerprint density at radius 3 is 2.71 bits per heavy atom. The molecule has 0 saturated carbocycles. The molecule has 1 amide bonds. The molecule has 0 radical (unpaired) electrons. The zero-order valence-corrected chi connectivity index (χ0v) is 12.7. The van der Waals surface area contributed by atoms with E-state index in [9.17, 15) is 4.79 Å². The van der Waals surface area contributed by atoms with Gasteiger partial charge in [-0.3, -0.25) is 4.79 Å². The highest BCUT2D eigenvalue weighted by molar-refractivity contribution is 9.10. The van der Waals surface area contributed by atoms with E-state index in [0.29, 0.717) is 12.1 Å². The molecule has 4 heteroatoms. The topological polar surface area (TPSA) is 20.3 Å². The van der Waals surface area contributed by atoms with Crippen LogP contribution < -0.4 is 0 Å². The quantitative estimate of drug-likeness (QED) is 0.772. The second-order valence-electron chi connectivity index (χ2n) is 4.28. The fourth-order valence-electron chi connectivity index (χ4n) is 1.47. The van der Waals surface area contributed by atoms with Crippen molar-refractivity contribution in [3.8, 4) is 0 Å². The van der Waals surface area contributed by atoms with Gasteiger partial charge in [0, 0.05) is 23.4 Å². The molecule has 0 heterocycles. The molecule has 0 aliphatic rings. The number of carbonyl (C=O) groups is 1. The van der Waals surface area contributed by atoms with Gasteiger partial charge >= 0.3 is 0 Å². The summed E-state index contributed by atoms with van der Waals surface area (Å²) in [5.41, 5.74) is 1.82. The molecule has 1 rings (SSSR count). The minimum atomic E-state index is 0.0224. The summed E-state index contributed by atoms with van der Waals surface area (Å²) in [4.78, 5) is 13.8. The fourth-order valence-corrected chi connectivity index (χ4v) is 2.23. The van der Waals surface area contributed by atoms with Gasteiger partial charge in [0.2, 0.25) is 0 Å². The molecular formula is C13H17BrClNO. The number of hydrogen-bond acceptors (Lipinski definition) is 1. The monoisotopic (exact) mass is 317 g/mol. The lowest BCUT2D eigenvalue weighted by Gasteiger charge is -2.18. The van der Waals surface area contributed by atoms with Crippen LogP contribution >= 0.6 is 27.5 Å². The summed E-state index contributed by atoms with van der Waals surface area (Å²) in [6.45, 7) is 4.60. The zero-order chi connectivity index (χ0) is 13.0. The highest BCUT2D eigenvalue weighted by atomic mass is 79.9. The summed E-state index contributed by atoms with van der Waals surface area (Å²) in [7, 11) is 1.80. The van der Waals surface area contributed by atoms with Crippen LogP contribution in [0.4, 0.5) is 0 Å². The molecule has 0 aromatic heterocycles. The van der Waals surface area contributed by atoms with E-state index in [-0.39, 0.29) is 11.3 Å². The normalized spacial score (nSPS) is 12.3. The maximum Gasteiger partial charge on any atom is 0.254 e. The number of rotatable bonds is 4. The second-order valence-corrected chi connectivity index (χ2v) is 5.88. The van der Waals surface area contributed by atoms with E-state index < -0.39 is 0 Å². The van der Waals surface area contributed by atoms with Crippen LogP contribution in [0.3, 0.4) is 0 Å². The number of hydrogen-bond donors (Lipinski definition) is 0. The number of amides is 1. The molecule has 0 bridgehead atoms. The second kappa shape index (κ2) is 6.41. The highest BCUT2D eigenvalue weighted by Gasteiger charge is 2.15. The first kappa shape index (κ1) is 14.5. The maximum absolute atomic E-state index is 12.1. The van der Waals surface area contributed by atoms with Gasteiger partial charge in [0.1, 0.15) is 0 Å². The number of carbonyl (C=O) groups excluding carboxylic acids is 1. The summed E-state index contributed by atoms with van der Waals surface area (Å²) in [5.74, 6) is 0.0224. The third kappa shape index (κ3) is 4.32. The van der Waals surface area contributed by atoms with Crippen molar-refractivity contribution in [3.05, 3.63) is 33.8 Å². The minimum Gasteiger partial charge on any atom is -0.342 e. The van der Waals surface area contributed by atoms with Gasteiger partial charge in [-0.25, -0.2) is 0 Å². The maximum atomic E-state index is 12.1. The zero-order valence-electron chi connectivity index (χ0n) is 10.3. The summed E-state index contributed by atoms with van der Waals surface area (Å²) < 4.78 is 0.841. The van der Waals surface area contributed by atoms with Gasteiger partial charge in [0.05, 0.1) is 5.56 Å². The molecule has 1 aromatic rings. The number of nitrogens with zero attached hydrogens (tertiary/aromatic N) is 1. The van der Waals surface area contributed by atoms with Crippen LogP contribution in [0.25, 0.3) is 0 Å². The predicted octanol–water partition coefficient (Wildman–Crippen LogP) is 3.85. The summed E-state index contributed by atoms with van der Waals surface area (Å²) in [6, 6.07) is 5.74. The van der Waals surface area contributed by atoms with Crippen molar-refractivity contribution in [2.24, 2.45) is 0 Å². The van der Waals surface area contributed by atoms with Gasteiger partial charge in [-0.05, 0) is 53.9 Å². The highest BCUT2D eigenvalue weighted by Crippen LogP contribution is 2.20. The first-order valence-electron chi connectivity index (χ1n) is 5.57. The van der Waals surface area contributed by atoms with E-state index in [2.05, 4.69) is 15.9 Å². The van der Waals surface area contributed by atoms with E-state index in [1.165, 1.54) is 0 Å². The van der Waals surface area contributed by atoms with Gasteiger partial charge in [-0.2, -0.15) is 0 Å². The van der Waals surface area contributed by atoms with E-state index >= 15 is 0 Å². The summed E-state index contributed by atoms with van der Waals surface area (Å²) >= 11 is 9.30. The Labute approximate surface area is 116 Å². The predicted molar refractivity (Wildman–Crippen MR) is 75.8 cm³/mol. The molecule has 1 atom stereocenters. The average molecular weight is 319 g/mol. The third-order valence-electron chi connectivity index (χ3n) is 2.56. The Hall–Kier alpha value is -0.540. The molecule has 1 unspecified atom stereocenters. The van der Waals surface area contributed by atoms with Crippen LogP contribution in [0.15, 0.2) is 22.7 Å². The molecule has 0 aliphatic heterocycles. The first-order chi connectivity index (χ1) is 7.91. The number of benzene rings is 1. The van der Waals surface area contributed by atoms with Crippen LogP contribution in [0.5, 0.6) is 0 Å². The van der Waals surface area contributed by atoms with E-state index in [1.807, 2.05) is 32.0 Å². The summed E-state index contributed by atoms with van der Waals surface area (Å²) in [5, 5.41) is 0.0895. The Bertz CT molecular complexity index is 406. The van der Waals surface area contributed by atoms with Gasteiger partial charge < -0.3 is 4.90 Å². The Morgan fingerprint density at radius 1 is 1.53 bits per heavy atom. The lowest BCUT2D eigenvalue weighted by Crippen LogP contribution is -2.29. The molecule has 0 fully saturated rings. The van der Waals surface area contributed by atoms with E-state index in [4.69, 9.17) is 11.6 Å². The van der Waals surface area contributed by atoms with Crippen molar-refractivity contribution in [2.75, 3.05) is 13.6 Å². The van der Waals surface area contributed by atoms with Crippen molar-refractivity contribution in [2.45, 2.75) is 25.6 Å². The lowest BCUT2D eigenvalue weighted by atomic mass is 10.1. The van der Waals surface area contributed by atoms with Crippen LogP contribution in [0, 0.1) is 6.92 Å². The molecule has 2 nitrogen and oxygen atoms in total. The number of alkyl halides is 1. The molecule has 0 saturated heterocycles. The van der Waals surface area contributed by atoms with Crippen LogP contribution in [0.1, 0.15) is 29.3 Å². The van der Waals surface area contributed by atoms with Gasteiger partial charge in [-0.15, -0.1) is 11.6 Å².